The van der Waals surface area contributed by atoms with Crippen molar-refractivity contribution in [3.05, 3.63) is 288 Å². The minimum Gasteiger partial charge on any atom is -0.493 e. The van der Waals surface area contributed by atoms with Crippen LogP contribution in [-0.2, 0) is 0 Å². The topological polar surface area (TPSA) is 189 Å². The summed E-state index contributed by atoms with van der Waals surface area (Å²) in [6, 6.07) is 62.5. The fraction of sp³-hybridized carbons (Fsp3) is 0.0685. The molecule has 8 aromatic heterocycles. The molecule has 424 valence electrons. The van der Waals surface area contributed by atoms with Gasteiger partial charge in [0.15, 0.2) is 0 Å². The molecule has 0 fully saturated rings. The first kappa shape index (κ1) is 52.5. The van der Waals surface area contributed by atoms with Gasteiger partial charge in [-0.3, -0.25) is 39.9 Å². The molecule has 0 unspecified atom stereocenters. The van der Waals surface area contributed by atoms with E-state index in [9.17, 15) is 0 Å². The average Bonchev–Trinajstić information content (AvgIpc) is 1.94. The van der Waals surface area contributed by atoms with E-state index in [1.807, 2.05) is 194 Å². The second kappa shape index (κ2) is 22.4. The number of rotatable bonds is 16. The smallest absolute Gasteiger partial charge is 0.119 e. The molecule has 0 bridgehead atoms. The van der Waals surface area contributed by atoms with Gasteiger partial charge >= 0.3 is 0 Å². The van der Waals surface area contributed by atoms with E-state index in [-0.39, 0.29) is 26.4 Å². The molecule has 0 atom stereocenters. The van der Waals surface area contributed by atoms with Crippen molar-refractivity contribution in [1.29, 1.82) is 0 Å². The molecule has 16 heteroatoms. The molecule has 0 spiro atoms. The number of hydrogen-bond donors (Lipinski definition) is 0. The lowest BCUT2D eigenvalue weighted by Gasteiger charge is -2.33. The second-order valence-corrected chi connectivity index (χ2v) is 21.7. The zero-order chi connectivity index (χ0) is 59.1. The number of nitrogens with zero attached hydrogens (tertiary/aromatic N) is 12. The zero-order valence-corrected chi connectivity index (χ0v) is 47.4. The van der Waals surface area contributed by atoms with Gasteiger partial charge in [-0.2, -0.15) is 0 Å². The quantitative estimate of drug-likeness (QED) is 0.0891. The minimum atomic E-state index is -0.960. The number of aromatic nitrogens is 8. The Hall–Kier alpha value is -12.0. The molecule has 0 aliphatic heterocycles. The summed E-state index contributed by atoms with van der Waals surface area (Å²) in [5.74, 6) is 2.47. The fourth-order valence-corrected chi connectivity index (χ4v) is 11.5. The van der Waals surface area contributed by atoms with Crippen molar-refractivity contribution < 1.29 is 18.9 Å². The van der Waals surface area contributed by atoms with Crippen molar-refractivity contribution in [3.63, 3.8) is 0 Å². The van der Waals surface area contributed by atoms with Crippen molar-refractivity contribution in [3.8, 4) is 68.5 Å². The number of fused-ring (bicyclic) bond motifs is 12. The maximum Gasteiger partial charge on any atom is 0.119 e. The highest BCUT2D eigenvalue weighted by Crippen LogP contribution is 2.40. The van der Waals surface area contributed by atoms with Crippen LogP contribution in [0.5, 0.6) is 23.0 Å². The van der Waals surface area contributed by atoms with Crippen LogP contribution in [-0.4, -0.2) is 89.1 Å². The Morgan fingerprint density at radius 1 is 0.225 bits per heavy atom. The van der Waals surface area contributed by atoms with E-state index in [0.717, 1.165) is 136 Å². The Morgan fingerprint density at radius 3 is 0.562 bits per heavy atom. The van der Waals surface area contributed by atoms with Crippen molar-refractivity contribution >= 4 is 45.6 Å². The van der Waals surface area contributed by atoms with Crippen LogP contribution in [0.2, 0.25) is 0 Å². The van der Waals surface area contributed by atoms with E-state index in [1.54, 1.807) is 49.6 Å². The summed E-state index contributed by atoms with van der Waals surface area (Å²) in [6.07, 6.45) is 14.2. The summed E-state index contributed by atoms with van der Waals surface area (Å²) in [7, 11) is 0. The fourth-order valence-electron chi connectivity index (χ4n) is 11.5. The summed E-state index contributed by atoms with van der Waals surface area (Å²) in [5.41, 5.74) is 19.3. The van der Waals surface area contributed by atoms with Crippen molar-refractivity contribution in [1.82, 2.24) is 39.9 Å². The van der Waals surface area contributed by atoms with E-state index < -0.39 is 5.41 Å². The van der Waals surface area contributed by atoms with Crippen LogP contribution < -0.4 is 18.9 Å². The lowest BCUT2D eigenvalue weighted by molar-refractivity contribution is -0.00350. The van der Waals surface area contributed by atoms with Gasteiger partial charge in [0.05, 0.1) is 91.1 Å². The molecular formula is C73H48N12O4. The lowest BCUT2D eigenvalue weighted by Crippen LogP contribution is -2.45. The van der Waals surface area contributed by atoms with Crippen LogP contribution in [0.1, 0.15) is 44.5 Å². The van der Waals surface area contributed by atoms with Crippen LogP contribution >= 0.6 is 0 Å². The van der Waals surface area contributed by atoms with E-state index in [2.05, 4.69) is 39.9 Å². The number of ether oxygens (including phenoxy) is 4. The van der Waals surface area contributed by atoms with Crippen LogP contribution in [0.4, 0.5) is 22.7 Å². The predicted molar refractivity (Wildman–Crippen MR) is 341 cm³/mol. The van der Waals surface area contributed by atoms with E-state index in [1.165, 1.54) is 0 Å². The Kier molecular flexibility index (Phi) is 13.2. The predicted octanol–water partition coefficient (Wildman–Crippen LogP) is 14.0. The lowest BCUT2D eigenvalue weighted by atomic mass is 9.92. The molecule has 4 aromatic carbocycles. The third kappa shape index (κ3) is 9.99. The standard InChI is InChI=1S/C73H48N12O4/c1-9-53-61(54-10-2-34-75-66(54)65(53)74-33-1)82-45-17-25-49(26-18-45)86-41-73(42-87-50-27-19-46(20-28-50)83-62-55-11-3-35-76-67(55)68-56(62)12-4-36-77-68,43-88-51-29-21-47(22-30-51)84-63-57-13-5-37-78-69(57)70-58(63)14-6-38-79-70)44-89-52-31-23-48(24-32-52)85-64-59-15-7-39-80-71(59)72-60(64)16-8-40-81-72/h1-40H,41-44H2. The van der Waals surface area contributed by atoms with Crippen LogP contribution in [0.15, 0.2) is 264 Å². The largest absolute Gasteiger partial charge is 0.493 e. The normalized spacial score (nSPS) is 12.6. The van der Waals surface area contributed by atoms with Crippen molar-refractivity contribution in [2.45, 2.75) is 0 Å². The van der Waals surface area contributed by atoms with Gasteiger partial charge in [-0.05, 0) is 194 Å². The molecule has 12 aromatic rings. The number of aliphatic imine (C=N–C) groups is 4. The summed E-state index contributed by atoms with van der Waals surface area (Å²) in [4.78, 5) is 57.7. The average molecular weight is 1160 g/mol. The Labute approximate surface area is 510 Å². The van der Waals surface area contributed by atoms with Gasteiger partial charge < -0.3 is 18.9 Å². The van der Waals surface area contributed by atoms with Gasteiger partial charge in [0.2, 0.25) is 0 Å². The minimum absolute atomic E-state index is 0.116. The first-order valence-electron chi connectivity index (χ1n) is 29.0. The molecule has 4 aliphatic rings. The SMILES string of the molecule is c1cnc2c(c1)C(=Nc1ccc(OCC(COc3ccc(N=C4c5cccnc5-c5ncccc54)cc3)(COc3ccc(N=C4c5cccnc5-c5ncccc54)cc3)COc3ccc(N=C4c5cccnc5-c5ncccc54)cc3)cc1)c1cccnc1-2. The Bertz CT molecular complexity index is 4050. The number of pyridine rings is 8. The molecular weight excluding hydrogens is 1110 g/mol. The number of benzene rings is 4. The highest BCUT2D eigenvalue weighted by atomic mass is 16.5. The zero-order valence-electron chi connectivity index (χ0n) is 47.4. The van der Waals surface area contributed by atoms with E-state index in [4.69, 9.17) is 38.9 Å². The van der Waals surface area contributed by atoms with Crippen molar-refractivity contribution in [2.75, 3.05) is 26.4 Å². The first-order chi connectivity index (χ1) is 44.0. The van der Waals surface area contributed by atoms with Crippen LogP contribution in [0, 0.1) is 5.41 Å². The monoisotopic (exact) mass is 1160 g/mol. The van der Waals surface area contributed by atoms with Gasteiger partial charge in [0.25, 0.3) is 0 Å². The molecule has 0 radical (unpaired) electrons. The third-order valence-corrected chi connectivity index (χ3v) is 15.9. The molecule has 16 rings (SSSR count). The molecule has 16 nitrogen and oxygen atoms in total. The van der Waals surface area contributed by atoms with Crippen LogP contribution in [0.3, 0.4) is 0 Å². The molecule has 0 saturated carbocycles. The summed E-state index contributed by atoms with van der Waals surface area (Å²) in [5, 5.41) is 0. The number of hydrogen-bond acceptors (Lipinski definition) is 16. The van der Waals surface area contributed by atoms with Gasteiger partial charge in [-0.25, -0.2) is 20.0 Å². The van der Waals surface area contributed by atoms with Gasteiger partial charge in [-0.1, -0.05) is 0 Å². The maximum atomic E-state index is 6.83. The highest BCUT2D eigenvalue weighted by Gasteiger charge is 2.37. The van der Waals surface area contributed by atoms with Crippen LogP contribution in [0.25, 0.3) is 45.6 Å². The molecule has 4 aliphatic carbocycles. The van der Waals surface area contributed by atoms with Crippen molar-refractivity contribution in [2.24, 2.45) is 25.4 Å². The Morgan fingerprint density at radius 2 is 0.393 bits per heavy atom. The van der Waals surface area contributed by atoms with Gasteiger partial charge in [-0.15, -0.1) is 0 Å². The molecule has 8 heterocycles. The summed E-state index contributed by atoms with van der Waals surface area (Å²) in [6.45, 7) is 0.464. The van der Waals surface area contributed by atoms with Gasteiger partial charge in [0.1, 0.15) is 54.8 Å². The third-order valence-electron chi connectivity index (χ3n) is 15.9. The summed E-state index contributed by atoms with van der Waals surface area (Å²) >= 11 is 0. The molecule has 0 N–H and O–H groups in total. The highest BCUT2D eigenvalue weighted by molar-refractivity contribution is 6.26. The van der Waals surface area contributed by atoms with E-state index in [0.29, 0.717) is 23.0 Å². The van der Waals surface area contributed by atoms with Gasteiger partial charge in [0, 0.05) is 94.1 Å². The van der Waals surface area contributed by atoms with E-state index >= 15 is 0 Å². The maximum absolute atomic E-state index is 6.83. The Balaban J connectivity index is 0.718. The molecule has 0 saturated heterocycles. The summed E-state index contributed by atoms with van der Waals surface area (Å²) < 4.78 is 27.3. The molecule has 0 amide bonds. The molecule has 89 heavy (non-hydrogen) atoms. The first-order valence-corrected chi connectivity index (χ1v) is 29.0. The second-order valence-electron chi connectivity index (χ2n) is 21.7.